The van der Waals surface area contributed by atoms with Gasteiger partial charge in [-0.15, -0.1) is 5.10 Å². The predicted octanol–water partition coefficient (Wildman–Crippen LogP) is 1.57. The molecule has 122 valence electrons. The van der Waals surface area contributed by atoms with Crippen LogP contribution in [0.2, 0.25) is 0 Å². The summed E-state index contributed by atoms with van der Waals surface area (Å²) in [6.45, 7) is 3.06. The van der Waals surface area contributed by atoms with Crippen molar-refractivity contribution in [2.45, 2.75) is 38.3 Å². The van der Waals surface area contributed by atoms with Crippen molar-refractivity contribution in [2.24, 2.45) is 17.8 Å². The van der Waals surface area contributed by atoms with E-state index in [1.54, 1.807) is 6.07 Å². The van der Waals surface area contributed by atoms with Crippen molar-refractivity contribution < 1.29 is 4.74 Å². The summed E-state index contributed by atoms with van der Waals surface area (Å²) in [6, 6.07) is 2.01. The maximum absolute atomic E-state index is 12.2. The molecule has 3 fully saturated rings. The van der Waals surface area contributed by atoms with E-state index < -0.39 is 0 Å². The van der Waals surface area contributed by atoms with E-state index in [-0.39, 0.29) is 5.56 Å². The lowest BCUT2D eigenvalue weighted by Gasteiger charge is -2.30. The second-order valence-electron chi connectivity index (χ2n) is 7.02. The Labute approximate surface area is 138 Å². The van der Waals surface area contributed by atoms with Crippen LogP contribution in [0.25, 0.3) is 4.96 Å². The molecule has 0 amide bonds. The van der Waals surface area contributed by atoms with Gasteiger partial charge in [0.05, 0.1) is 12.1 Å². The molecular weight excluding hydrogens is 312 g/mol. The Kier molecular flexibility index (Phi) is 2.89. The van der Waals surface area contributed by atoms with E-state index in [0.29, 0.717) is 23.0 Å². The molecule has 1 saturated heterocycles. The summed E-state index contributed by atoms with van der Waals surface area (Å²) in [5.41, 5.74) is 0.756. The molecule has 0 radical (unpaired) electrons. The van der Waals surface area contributed by atoms with Gasteiger partial charge < -0.3 is 9.64 Å². The van der Waals surface area contributed by atoms with Crippen LogP contribution in [0.3, 0.4) is 0 Å². The second-order valence-corrected chi connectivity index (χ2v) is 7.95. The van der Waals surface area contributed by atoms with E-state index in [2.05, 4.69) is 15.0 Å². The predicted molar refractivity (Wildman–Crippen MR) is 88.1 cm³/mol. The molecule has 2 saturated carbocycles. The van der Waals surface area contributed by atoms with Crippen LogP contribution in [0.1, 0.15) is 25.5 Å². The normalized spacial score (nSPS) is 34.9. The molecule has 0 unspecified atom stereocenters. The smallest absolute Gasteiger partial charge is 0.275 e. The van der Waals surface area contributed by atoms with Crippen LogP contribution >= 0.6 is 11.3 Å². The number of ether oxygens (including phenoxy) is 1. The van der Waals surface area contributed by atoms with Crippen LogP contribution in [0.5, 0.6) is 0 Å². The number of rotatable bonds is 3. The first-order valence-electron chi connectivity index (χ1n) is 8.38. The fraction of sp³-hybridized carbons (Fsp3) is 0.688. The van der Waals surface area contributed by atoms with Crippen molar-refractivity contribution in [1.29, 1.82) is 0 Å². The number of aromatic nitrogens is 3. The molecule has 5 rings (SSSR count). The quantitative estimate of drug-likeness (QED) is 0.854. The van der Waals surface area contributed by atoms with Crippen LogP contribution < -0.4 is 10.5 Å². The van der Waals surface area contributed by atoms with Gasteiger partial charge in [0.1, 0.15) is 0 Å². The van der Waals surface area contributed by atoms with Crippen LogP contribution in [-0.4, -0.2) is 40.4 Å². The van der Waals surface area contributed by atoms with Gasteiger partial charge in [-0.2, -0.15) is 4.52 Å². The standard InChI is InChI=1S/C16H20N4O2S/c1-3-10-6-12(21)20-15(17-10)23-16(18-20)19-7-9-4-8-5-11(9)13(19)14(8)22-2/h6,8-9,11,13-14H,3-5,7H2,1-2H3/t8-,9-,11+,13-,14-/m0/s1. The van der Waals surface area contributed by atoms with Crippen molar-refractivity contribution >= 4 is 21.4 Å². The van der Waals surface area contributed by atoms with E-state index in [0.717, 1.165) is 35.6 Å². The Hall–Kier alpha value is -1.47. The lowest BCUT2D eigenvalue weighted by molar-refractivity contribution is 0.0447. The molecule has 0 aromatic carbocycles. The van der Waals surface area contributed by atoms with Gasteiger partial charge in [-0.25, -0.2) is 4.98 Å². The Morgan fingerprint density at radius 1 is 1.39 bits per heavy atom. The van der Waals surface area contributed by atoms with Gasteiger partial charge in [0, 0.05) is 25.4 Å². The summed E-state index contributed by atoms with van der Waals surface area (Å²) in [6.07, 6.45) is 3.64. The average molecular weight is 332 g/mol. The molecule has 3 aliphatic rings. The summed E-state index contributed by atoms with van der Waals surface area (Å²) >= 11 is 1.53. The zero-order valence-corrected chi connectivity index (χ0v) is 14.1. The van der Waals surface area contributed by atoms with Crippen LogP contribution in [0.15, 0.2) is 10.9 Å². The first-order valence-corrected chi connectivity index (χ1v) is 9.20. The van der Waals surface area contributed by atoms with Gasteiger partial charge in [-0.05, 0) is 37.0 Å². The number of fused-ring (bicyclic) bond motifs is 2. The number of nitrogens with zero attached hydrogens (tertiary/aromatic N) is 4. The van der Waals surface area contributed by atoms with Gasteiger partial charge in [0.15, 0.2) is 0 Å². The third kappa shape index (κ3) is 1.80. The highest BCUT2D eigenvalue weighted by atomic mass is 32.1. The Morgan fingerprint density at radius 2 is 2.26 bits per heavy atom. The van der Waals surface area contributed by atoms with Crippen molar-refractivity contribution in [2.75, 3.05) is 18.6 Å². The molecular formula is C16H20N4O2S. The van der Waals surface area contributed by atoms with Crippen LogP contribution in [0.4, 0.5) is 5.13 Å². The lowest BCUT2D eigenvalue weighted by atomic mass is 9.88. The van der Waals surface area contributed by atoms with E-state index in [1.807, 2.05) is 14.0 Å². The molecule has 1 aliphatic heterocycles. The molecule has 6 nitrogen and oxygen atoms in total. The van der Waals surface area contributed by atoms with Crippen LogP contribution in [-0.2, 0) is 11.2 Å². The minimum absolute atomic E-state index is 0.0795. The number of anilines is 1. The molecule has 0 N–H and O–H groups in total. The summed E-state index contributed by atoms with van der Waals surface area (Å²) < 4.78 is 7.26. The third-order valence-electron chi connectivity index (χ3n) is 5.98. The molecule has 2 aliphatic carbocycles. The molecule has 2 aromatic heterocycles. The minimum Gasteiger partial charge on any atom is -0.379 e. The molecule has 2 aromatic rings. The molecule has 23 heavy (non-hydrogen) atoms. The highest BCUT2D eigenvalue weighted by Crippen LogP contribution is 2.56. The van der Waals surface area contributed by atoms with Gasteiger partial charge in [0.2, 0.25) is 10.1 Å². The topological polar surface area (TPSA) is 59.7 Å². The molecule has 0 spiro atoms. The fourth-order valence-corrected chi connectivity index (χ4v) is 6.06. The monoisotopic (exact) mass is 332 g/mol. The van der Waals surface area contributed by atoms with Gasteiger partial charge >= 0.3 is 0 Å². The van der Waals surface area contributed by atoms with E-state index in [4.69, 9.17) is 4.74 Å². The third-order valence-corrected chi connectivity index (χ3v) is 6.93. The Balaban J connectivity index is 1.59. The SMILES string of the molecule is CCc1cc(=O)n2nc(N3C[C@@H]4C[C@H]5C[C@H]4[C@H]3[C@H]5OC)sc2n1. The van der Waals surface area contributed by atoms with Crippen molar-refractivity contribution in [3.05, 3.63) is 22.1 Å². The second kappa shape index (κ2) is 4.77. The zero-order valence-electron chi connectivity index (χ0n) is 13.3. The average Bonchev–Trinajstić information content (AvgIpc) is 3.25. The van der Waals surface area contributed by atoms with E-state index in [9.17, 15) is 4.79 Å². The maximum Gasteiger partial charge on any atom is 0.275 e. The first kappa shape index (κ1) is 13.9. The van der Waals surface area contributed by atoms with E-state index >= 15 is 0 Å². The summed E-state index contributed by atoms with van der Waals surface area (Å²) in [7, 11) is 1.83. The zero-order chi connectivity index (χ0) is 15.7. The summed E-state index contributed by atoms with van der Waals surface area (Å²) in [5, 5.41) is 5.50. The Morgan fingerprint density at radius 3 is 3.04 bits per heavy atom. The fourth-order valence-electron chi connectivity index (χ4n) is 5.08. The minimum atomic E-state index is -0.0795. The summed E-state index contributed by atoms with van der Waals surface area (Å²) in [5.74, 6) is 2.19. The summed E-state index contributed by atoms with van der Waals surface area (Å²) in [4.78, 5) is 19.9. The first-order chi connectivity index (χ1) is 11.2. The number of aryl methyl sites for hydroxylation is 1. The molecule has 2 bridgehead atoms. The molecule has 5 atom stereocenters. The van der Waals surface area contributed by atoms with Crippen LogP contribution in [0, 0.1) is 17.8 Å². The highest BCUT2D eigenvalue weighted by molar-refractivity contribution is 7.20. The number of hydrogen-bond donors (Lipinski definition) is 0. The van der Waals surface area contributed by atoms with E-state index in [1.165, 1.54) is 28.7 Å². The Bertz CT molecular complexity index is 829. The maximum atomic E-state index is 12.2. The lowest BCUT2D eigenvalue weighted by Crippen LogP contribution is -2.42. The van der Waals surface area contributed by atoms with Gasteiger partial charge in [-0.3, -0.25) is 4.79 Å². The van der Waals surface area contributed by atoms with Crippen molar-refractivity contribution in [3.8, 4) is 0 Å². The van der Waals surface area contributed by atoms with Gasteiger partial charge in [0.25, 0.3) is 5.56 Å². The number of methoxy groups -OCH3 is 1. The van der Waals surface area contributed by atoms with Crippen molar-refractivity contribution in [1.82, 2.24) is 14.6 Å². The van der Waals surface area contributed by atoms with Gasteiger partial charge in [-0.1, -0.05) is 18.3 Å². The largest absolute Gasteiger partial charge is 0.379 e. The molecule has 3 heterocycles. The number of hydrogen-bond acceptors (Lipinski definition) is 6. The molecule has 7 heteroatoms. The highest BCUT2D eigenvalue weighted by Gasteiger charge is 2.60. The van der Waals surface area contributed by atoms with Crippen molar-refractivity contribution in [3.63, 3.8) is 0 Å².